The molecule has 3 rings (SSSR count). The van der Waals surface area contributed by atoms with Gasteiger partial charge >= 0.3 is 0 Å². The predicted octanol–water partition coefficient (Wildman–Crippen LogP) is 3.92. The highest BCUT2D eigenvalue weighted by molar-refractivity contribution is 7.92. The Morgan fingerprint density at radius 1 is 0.968 bits per heavy atom. The van der Waals surface area contributed by atoms with Crippen molar-refractivity contribution in [1.82, 2.24) is 0 Å². The second-order valence-electron chi connectivity index (χ2n) is 6.50. The van der Waals surface area contributed by atoms with E-state index in [1.165, 1.54) is 69.8 Å². The fourth-order valence-electron chi connectivity index (χ4n) is 2.85. The lowest BCUT2D eigenvalue weighted by Gasteiger charge is -2.20. The Morgan fingerprint density at radius 2 is 1.68 bits per heavy atom. The summed E-state index contributed by atoms with van der Waals surface area (Å²) in [6.07, 6.45) is 0. The number of carbonyl (C=O) groups is 1. The van der Waals surface area contributed by atoms with Crippen molar-refractivity contribution in [3.8, 4) is 11.5 Å². The van der Waals surface area contributed by atoms with Gasteiger partial charge in [-0.25, -0.2) is 12.8 Å². The van der Waals surface area contributed by atoms with Gasteiger partial charge < -0.3 is 14.8 Å². The topological polar surface area (TPSA) is 84.9 Å². The normalized spacial score (nSPS) is 11.0. The van der Waals surface area contributed by atoms with Gasteiger partial charge in [-0.2, -0.15) is 0 Å². The molecule has 0 aromatic heterocycles. The van der Waals surface area contributed by atoms with Crippen LogP contribution in [0.4, 0.5) is 15.8 Å². The lowest BCUT2D eigenvalue weighted by molar-refractivity contribution is 0.102. The van der Waals surface area contributed by atoms with E-state index in [0.717, 1.165) is 4.31 Å². The Labute approximate surface area is 180 Å². The Balaban J connectivity index is 1.89. The molecule has 7 nitrogen and oxygen atoms in total. The summed E-state index contributed by atoms with van der Waals surface area (Å²) in [6, 6.07) is 15.6. The standard InChI is InChI=1S/C22H21FN2O5S/c1-25(17-9-7-16(23)8-10-17)31(27,28)19-6-4-5-15(13-19)22(26)24-20-14-18(29-2)11-12-21(20)30-3/h4-14H,1-3H3,(H,24,26). The van der Waals surface area contributed by atoms with E-state index in [1.807, 2.05) is 0 Å². The van der Waals surface area contributed by atoms with E-state index in [9.17, 15) is 17.6 Å². The molecule has 0 heterocycles. The summed E-state index contributed by atoms with van der Waals surface area (Å²) in [4.78, 5) is 12.7. The molecular formula is C22H21FN2O5S. The predicted molar refractivity (Wildman–Crippen MR) is 116 cm³/mol. The van der Waals surface area contributed by atoms with Gasteiger partial charge in [0.15, 0.2) is 0 Å². The average molecular weight is 444 g/mol. The van der Waals surface area contributed by atoms with Crippen molar-refractivity contribution in [2.75, 3.05) is 30.9 Å². The van der Waals surface area contributed by atoms with Gasteiger partial charge in [0.05, 0.1) is 30.5 Å². The number of rotatable bonds is 7. The molecule has 0 saturated heterocycles. The first-order valence-corrected chi connectivity index (χ1v) is 10.6. The van der Waals surface area contributed by atoms with Crippen molar-refractivity contribution in [3.05, 3.63) is 78.1 Å². The van der Waals surface area contributed by atoms with Gasteiger partial charge in [0.25, 0.3) is 15.9 Å². The van der Waals surface area contributed by atoms with Crippen LogP contribution in [0.1, 0.15) is 10.4 Å². The third-order valence-corrected chi connectivity index (χ3v) is 6.38. The van der Waals surface area contributed by atoms with Crippen LogP contribution in [0.5, 0.6) is 11.5 Å². The largest absolute Gasteiger partial charge is 0.497 e. The van der Waals surface area contributed by atoms with Gasteiger partial charge in [-0.1, -0.05) is 6.07 Å². The van der Waals surface area contributed by atoms with Crippen LogP contribution in [0.3, 0.4) is 0 Å². The van der Waals surface area contributed by atoms with Crippen molar-refractivity contribution in [3.63, 3.8) is 0 Å². The average Bonchev–Trinajstić information content (AvgIpc) is 2.79. The number of hydrogen-bond donors (Lipinski definition) is 1. The number of hydrogen-bond acceptors (Lipinski definition) is 5. The minimum atomic E-state index is -3.97. The Hall–Kier alpha value is -3.59. The molecule has 3 aromatic rings. The molecule has 0 radical (unpaired) electrons. The number of methoxy groups -OCH3 is 2. The van der Waals surface area contributed by atoms with Gasteiger partial charge in [0.2, 0.25) is 0 Å². The Bertz CT molecular complexity index is 1200. The van der Waals surface area contributed by atoms with Gasteiger partial charge in [-0.15, -0.1) is 0 Å². The van der Waals surface area contributed by atoms with Crippen LogP contribution in [-0.2, 0) is 10.0 Å². The highest BCUT2D eigenvalue weighted by Gasteiger charge is 2.23. The molecule has 162 valence electrons. The van der Waals surface area contributed by atoms with Crippen molar-refractivity contribution in [2.24, 2.45) is 0 Å². The van der Waals surface area contributed by atoms with Crippen molar-refractivity contribution in [1.29, 1.82) is 0 Å². The van der Waals surface area contributed by atoms with Crippen molar-refractivity contribution in [2.45, 2.75) is 4.90 Å². The molecule has 0 bridgehead atoms. The monoisotopic (exact) mass is 444 g/mol. The summed E-state index contributed by atoms with van der Waals surface area (Å²) < 4.78 is 50.6. The summed E-state index contributed by atoms with van der Waals surface area (Å²) in [5.74, 6) is -0.0449. The van der Waals surface area contributed by atoms with Gasteiger partial charge in [0, 0.05) is 18.7 Å². The first kappa shape index (κ1) is 22.1. The maximum Gasteiger partial charge on any atom is 0.264 e. The number of benzene rings is 3. The number of nitrogens with one attached hydrogen (secondary N) is 1. The van der Waals surface area contributed by atoms with E-state index < -0.39 is 21.7 Å². The van der Waals surface area contributed by atoms with E-state index in [-0.39, 0.29) is 16.1 Å². The number of sulfonamides is 1. The first-order valence-electron chi connectivity index (χ1n) is 9.14. The molecule has 3 aromatic carbocycles. The van der Waals surface area contributed by atoms with Crippen molar-refractivity contribution >= 4 is 27.3 Å². The van der Waals surface area contributed by atoms with Crippen LogP contribution >= 0.6 is 0 Å². The highest BCUT2D eigenvalue weighted by Crippen LogP contribution is 2.29. The number of carbonyl (C=O) groups excluding carboxylic acids is 1. The molecule has 1 amide bonds. The summed E-state index contributed by atoms with van der Waals surface area (Å²) in [5.41, 5.74) is 0.805. The van der Waals surface area contributed by atoms with E-state index in [0.29, 0.717) is 17.2 Å². The van der Waals surface area contributed by atoms with Gasteiger partial charge in [-0.3, -0.25) is 9.10 Å². The molecule has 0 saturated carbocycles. The third-order valence-electron chi connectivity index (χ3n) is 4.60. The minimum Gasteiger partial charge on any atom is -0.497 e. The first-order chi connectivity index (χ1) is 14.8. The lowest BCUT2D eigenvalue weighted by atomic mass is 10.2. The second kappa shape index (κ2) is 9.05. The summed E-state index contributed by atoms with van der Waals surface area (Å²) in [7, 11) is 0.354. The van der Waals surface area contributed by atoms with Gasteiger partial charge in [0.1, 0.15) is 17.3 Å². The molecule has 0 aliphatic carbocycles. The zero-order valence-corrected chi connectivity index (χ0v) is 17.9. The molecule has 31 heavy (non-hydrogen) atoms. The molecule has 0 fully saturated rings. The zero-order valence-electron chi connectivity index (χ0n) is 17.1. The molecule has 1 N–H and O–H groups in total. The molecular weight excluding hydrogens is 423 g/mol. The number of nitrogens with zero attached hydrogens (tertiary/aromatic N) is 1. The minimum absolute atomic E-state index is 0.0791. The van der Waals surface area contributed by atoms with Crippen LogP contribution in [0.25, 0.3) is 0 Å². The summed E-state index contributed by atoms with van der Waals surface area (Å²) >= 11 is 0. The number of ether oxygens (including phenoxy) is 2. The molecule has 0 aliphatic heterocycles. The molecule has 0 spiro atoms. The zero-order chi connectivity index (χ0) is 22.6. The van der Waals surface area contributed by atoms with Gasteiger partial charge in [-0.05, 0) is 54.6 Å². The smallest absolute Gasteiger partial charge is 0.264 e. The summed E-state index contributed by atoms with van der Waals surface area (Å²) in [5, 5.41) is 2.70. The fraction of sp³-hybridized carbons (Fsp3) is 0.136. The molecule has 9 heteroatoms. The molecule has 0 atom stereocenters. The maximum absolute atomic E-state index is 13.2. The SMILES string of the molecule is COc1ccc(OC)c(NC(=O)c2cccc(S(=O)(=O)N(C)c3ccc(F)cc3)c2)c1. The van der Waals surface area contributed by atoms with Crippen molar-refractivity contribution < 1.29 is 27.1 Å². The number of amides is 1. The van der Waals surface area contributed by atoms with Crippen LogP contribution in [0, 0.1) is 5.82 Å². The number of anilines is 2. The quantitative estimate of drug-likeness (QED) is 0.597. The van der Waals surface area contributed by atoms with Crippen LogP contribution in [-0.4, -0.2) is 35.6 Å². The summed E-state index contributed by atoms with van der Waals surface area (Å²) in [6.45, 7) is 0. The number of halogens is 1. The fourth-order valence-corrected chi connectivity index (χ4v) is 4.09. The van der Waals surface area contributed by atoms with E-state index in [2.05, 4.69) is 5.32 Å². The van der Waals surface area contributed by atoms with Crippen LogP contribution in [0.2, 0.25) is 0 Å². The Morgan fingerprint density at radius 3 is 2.32 bits per heavy atom. The van der Waals surface area contributed by atoms with E-state index in [4.69, 9.17) is 9.47 Å². The lowest BCUT2D eigenvalue weighted by Crippen LogP contribution is -2.27. The van der Waals surface area contributed by atoms with E-state index in [1.54, 1.807) is 18.2 Å². The maximum atomic E-state index is 13.2. The van der Waals surface area contributed by atoms with Crippen LogP contribution < -0.4 is 19.1 Å². The molecule has 0 unspecified atom stereocenters. The molecule has 0 aliphatic rings. The van der Waals surface area contributed by atoms with Crippen LogP contribution in [0.15, 0.2) is 71.6 Å². The Kier molecular flexibility index (Phi) is 6.45. The van der Waals surface area contributed by atoms with E-state index >= 15 is 0 Å². The highest BCUT2D eigenvalue weighted by atomic mass is 32.2. The third kappa shape index (κ3) is 4.77. The second-order valence-corrected chi connectivity index (χ2v) is 8.47.